The average Bonchev–Trinajstić information content (AvgIpc) is 2.81. The van der Waals surface area contributed by atoms with Crippen LogP contribution in [0.3, 0.4) is 0 Å². The number of carboxylic acids is 1. The Morgan fingerprint density at radius 3 is 2.64 bits per heavy atom. The largest absolute Gasteiger partial charge is 0.480 e. The lowest BCUT2D eigenvalue weighted by molar-refractivity contribution is -0.165. The van der Waals surface area contributed by atoms with E-state index >= 15 is 0 Å². The number of carbonyl (C=O) groups excluding carboxylic acids is 2. The van der Waals surface area contributed by atoms with E-state index in [2.05, 4.69) is 17.9 Å². The van der Waals surface area contributed by atoms with Crippen LogP contribution in [0.4, 0.5) is 0 Å². The molecule has 1 aromatic carbocycles. The normalized spacial score (nSPS) is 24.2. The number of nitrogens with one attached hydrogen (secondary N) is 1. The highest BCUT2D eigenvalue weighted by atomic mass is 32.1. The maximum absolute atomic E-state index is 13.0. The van der Waals surface area contributed by atoms with Gasteiger partial charge in [0, 0.05) is 12.6 Å². The number of nitrogens with zero attached hydrogens (tertiary/aromatic N) is 2. The first-order valence-electron chi connectivity index (χ1n) is 9.78. The lowest BCUT2D eigenvalue weighted by Crippen LogP contribution is -2.57. The van der Waals surface area contributed by atoms with Gasteiger partial charge in [0.2, 0.25) is 5.91 Å². The van der Waals surface area contributed by atoms with Crippen LogP contribution < -0.4 is 5.32 Å². The van der Waals surface area contributed by atoms with Crippen molar-refractivity contribution >= 4 is 30.4 Å². The number of rotatable bonds is 6. The number of hydrogen-bond acceptors (Lipinski definition) is 5. The van der Waals surface area contributed by atoms with Crippen molar-refractivity contribution in [2.24, 2.45) is 0 Å². The van der Waals surface area contributed by atoms with E-state index in [4.69, 9.17) is 0 Å². The molecule has 28 heavy (non-hydrogen) atoms. The van der Waals surface area contributed by atoms with Crippen molar-refractivity contribution in [3.8, 4) is 0 Å². The molecule has 0 bridgehead atoms. The van der Waals surface area contributed by atoms with Crippen molar-refractivity contribution in [2.75, 3.05) is 13.1 Å². The average molecular weight is 406 g/mol. The summed E-state index contributed by atoms with van der Waals surface area (Å²) >= 11 is 4.41. The van der Waals surface area contributed by atoms with Crippen LogP contribution in [0, 0.1) is 0 Å². The summed E-state index contributed by atoms with van der Waals surface area (Å²) in [6, 6.07) is 9.01. The van der Waals surface area contributed by atoms with Crippen molar-refractivity contribution in [3.05, 3.63) is 35.9 Å². The number of carboxylic acid groups (broad SMARTS) is 1. The Morgan fingerprint density at radius 1 is 1.18 bits per heavy atom. The number of hydrazine groups is 1. The van der Waals surface area contributed by atoms with E-state index in [1.165, 1.54) is 5.01 Å². The fourth-order valence-corrected chi connectivity index (χ4v) is 4.30. The molecule has 152 valence electrons. The van der Waals surface area contributed by atoms with Crippen LogP contribution in [0.25, 0.3) is 0 Å². The summed E-state index contributed by atoms with van der Waals surface area (Å²) < 4.78 is 0. The number of hydrogen-bond donors (Lipinski definition) is 3. The van der Waals surface area contributed by atoms with Gasteiger partial charge in [-0.05, 0) is 37.7 Å². The number of amides is 2. The van der Waals surface area contributed by atoms with Gasteiger partial charge in [-0.1, -0.05) is 36.8 Å². The van der Waals surface area contributed by atoms with Crippen LogP contribution in [0.2, 0.25) is 0 Å². The van der Waals surface area contributed by atoms with Crippen LogP contribution in [0.15, 0.2) is 30.3 Å². The van der Waals surface area contributed by atoms with Gasteiger partial charge in [0.1, 0.15) is 12.6 Å². The molecule has 2 saturated heterocycles. The molecule has 2 fully saturated rings. The summed E-state index contributed by atoms with van der Waals surface area (Å²) in [5.74, 6) is -1.71. The van der Waals surface area contributed by atoms with Gasteiger partial charge in [0.25, 0.3) is 5.91 Å². The second-order valence-corrected chi connectivity index (χ2v) is 8.07. The molecule has 0 unspecified atom stereocenters. The second kappa shape index (κ2) is 9.43. The standard InChI is InChI=1S/C20H27N3O4S/c24-18(25)13-23-20(27)16(10-9-15-8-4-5-11-22(15)23)21-19(26)17(28)12-14-6-2-1-3-7-14/h1-3,6-7,15-17,28H,4-5,8-13H2,(H,21,26)(H,24,25)/t15-,16-,17-/m0/s1. The van der Waals surface area contributed by atoms with Crippen LogP contribution in [0.5, 0.6) is 0 Å². The maximum Gasteiger partial charge on any atom is 0.324 e. The molecule has 2 heterocycles. The van der Waals surface area contributed by atoms with E-state index in [1.807, 2.05) is 35.3 Å². The summed E-state index contributed by atoms with van der Waals surface area (Å²) in [5, 5.41) is 14.7. The maximum atomic E-state index is 13.0. The minimum Gasteiger partial charge on any atom is -0.480 e. The zero-order valence-corrected chi connectivity index (χ0v) is 16.7. The fraction of sp³-hybridized carbons (Fsp3) is 0.550. The summed E-state index contributed by atoms with van der Waals surface area (Å²) in [6.45, 7) is 0.295. The summed E-state index contributed by atoms with van der Waals surface area (Å²) in [5.41, 5.74) is 0.995. The minimum atomic E-state index is -1.05. The number of piperidine rings is 1. The van der Waals surface area contributed by atoms with Crippen molar-refractivity contribution in [3.63, 3.8) is 0 Å². The SMILES string of the molecule is O=C(O)CN1C(=O)[C@@H](NC(=O)[C@@H](S)Cc2ccccc2)CC[C@@H]2CCCCN21. The topological polar surface area (TPSA) is 90.0 Å². The molecular formula is C20H27N3O4S. The molecule has 2 aliphatic rings. The first-order valence-corrected chi connectivity index (χ1v) is 10.3. The molecule has 0 aromatic heterocycles. The molecule has 0 spiro atoms. The highest BCUT2D eigenvalue weighted by Crippen LogP contribution is 2.27. The Balaban J connectivity index is 1.68. The van der Waals surface area contributed by atoms with Gasteiger partial charge in [-0.3, -0.25) is 19.4 Å². The van der Waals surface area contributed by atoms with Crippen molar-refractivity contribution in [2.45, 2.75) is 55.9 Å². The van der Waals surface area contributed by atoms with Crippen molar-refractivity contribution in [1.29, 1.82) is 0 Å². The Kier molecular flexibility index (Phi) is 6.96. The molecule has 7 nitrogen and oxygen atoms in total. The summed E-state index contributed by atoms with van der Waals surface area (Å²) in [4.78, 5) is 37.0. The molecule has 2 aliphatic heterocycles. The molecular weight excluding hydrogens is 378 g/mol. The van der Waals surface area contributed by atoms with E-state index in [1.54, 1.807) is 0 Å². The molecule has 0 aliphatic carbocycles. The smallest absolute Gasteiger partial charge is 0.324 e. The quantitative estimate of drug-likeness (QED) is 0.624. The second-order valence-electron chi connectivity index (χ2n) is 7.45. The number of aliphatic carboxylic acids is 1. The van der Waals surface area contributed by atoms with Crippen molar-refractivity contribution in [1.82, 2.24) is 15.3 Å². The third kappa shape index (κ3) is 5.05. The molecule has 2 amide bonds. The monoisotopic (exact) mass is 405 g/mol. The number of carbonyl (C=O) groups is 3. The van der Waals surface area contributed by atoms with Gasteiger partial charge in [0.15, 0.2) is 0 Å². The van der Waals surface area contributed by atoms with Gasteiger partial charge < -0.3 is 10.4 Å². The van der Waals surface area contributed by atoms with Crippen LogP contribution in [-0.2, 0) is 20.8 Å². The first-order chi connectivity index (χ1) is 13.5. The summed E-state index contributed by atoms with van der Waals surface area (Å²) in [7, 11) is 0. The summed E-state index contributed by atoms with van der Waals surface area (Å²) in [6.07, 6.45) is 4.67. The number of thiol groups is 1. The van der Waals surface area contributed by atoms with E-state index in [0.717, 1.165) is 31.2 Å². The van der Waals surface area contributed by atoms with Gasteiger partial charge in [-0.25, -0.2) is 5.01 Å². The van der Waals surface area contributed by atoms with E-state index in [0.29, 0.717) is 19.4 Å². The van der Waals surface area contributed by atoms with Gasteiger partial charge in [-0.2, -0.15) is 12.6 Å². The van der Waals surface area contributed by atoms with Crippen LogP contribution in [-0.4, -0.2) is 63.3 Å². The molecule has 3 rings (SSSR count). The van der Waals surface area contributed by atoms with E-state index < -0.39 is 17.3 Å². The van der Waals surface area contributed by atoms with E-state index in [-0.39, 0.29) is 24.4 Å². The number of fused-ring (bicyclic) bond motifs is 1. The Morgan fingerprint density at radius 2 is 1.93 bits per heavy atom. The van der Waals surface area contributed by atoms with Crippen LogP contribution in [0.1, 0.15) is 37.7 Å². The Hall–Kier alpha value is -2.06. The third-order valence-electron chi connectivity index (χ3n) is 5.42. The van der Waals surface area contributed by atoms with Crippen molar-refractivity contribution < 1.29 is 19.5 Å². The lowest BCUT2D eigenvalue weighted by Gasteiger charge is -2.41. The highest BCUT2D eigenvalue weighted by Gasteiger charge is 2.39. The fourth-order valence-electron chi connectivity index (χ4n) is 4.01. The van der Waals surface area contributed by atoms with Gasteiger partial charge >= 0.3 is 5.97 Å². The molecule has 8 heteroatoms. The Labute approximate surface area is 170 Å². The third-order valence-corrected chi connectivity index (χ3v) is 5.84. The number of benzene rings is 1. The van der Waals surface area contributed by atoms with Gasteiger partial charge in [0.05, 0.1) is 5.25 Å². The molecule has 2 N–H and O–H groups in total. The van der Waals surface area contributed by atoms with Crippen LogP contribution >= 0.6 is 12.6 Å². The lowest BCUT2D eigenvalue weighted by atomic mass is 9.98. The minimum absolute atomic E-state index is 0.148. The zero-order valence-electron chi connectivity index (χ0n) is 15.8. The molecule has 0 radical (unpaired) electrons. The predicted molar refractivity (Wildman–Crippen MR) is 108 cm³/mol. The Bertz CT molecular complexity index is 715. The highest BCUT2D eigenvalue weighted by molar-refractivity contribution is 7.81. The van der Waals surface area contributed by atoms with E-state index in [9.17, 15) is 19.5 Å². The molecule has 1 aromatic rings. The van der Waals surface area contributed by atoms with Gasteiger partial charge in [-0.15, -0.1) is 0 Å². The zero-order chi connectivity index (χ0) is 20.1. The molecule has 0 saturated carbocycles. The first kappa shape index (κ1) is 20.7. The molecule has 3 atom stereocenters. The predicted octanol–water partition coefficient (Wildman–Crippen LogP) is 1.49.